The lowest BCUT2D eigenvalue weighted by Gasteiger charge is -2.25. The highest BCUT2D eigenvalue weighted by atomic mass is 32.2. The first kappa shape index (κ1) is 32.7. The topological polar surface area (TPSA) is 139 Å². The number of hydrogen-bond donors (Lipinski definition) is 2. The molecular formula is C32H35F3N6O5S. The van der Waals surface area contributed by atoms with E-state index in [-0.39, 0.29) is 35.9 Å². The third kappa shape index (κ3) is 6.38. The highest BCUT2D eigenvalue weighted by Crippen LogP contribution is 2.46. The van der Waals surface area contributed by atoms with Crippen LogP contribution >= 0.6 is 0 Å². The van der Waals surface area contributed by atoms with Gasteiger partial charge in [0.15, 0.2) is 5.65 Å². The van der Waals surface area contributed by atoms with Crippen LogP contribution in [0.3, 0.4) is 0 Å². The van der Waals surface area contributed by atoms with Crippen LogP contribution in [0.1, 0.15) is 78.6 Å². The highest BCUT2D eigenvalue weighted by molar-refractivity contribution is 7.89. The lowest BCUT2D eigenvalue weighted by Crippen LogP contribution is -2.38. The van der Waals surface area contributed by atoms with Crippen LogP contribution in [0.25, 0.3) is 5.65 Å². The number of carbonyl (C=O) groups is 1. The minimum absolute atomic E-state index is 0.0000126. The number of unbranched alkanes of at least 4 members (excludes halogenated alkanes) is 1. The third-order valence-electron chi connectivity index (χ3n) is 8.86. The van der Waals surface area contributed by atoms with E-state index < -0.39 is 39.5 Å². The number of aliphatic carboxylic acids is 1. The number of rotatable bonds is 10. The molecule has 2 aliphatic rings. The monoisotopic (exact) mass is 672 g/mol. The van der Waals surface area contributed by atoms with Crippen LogP contribution in [-0.4, -0.2) is 62.1 Å². The Morgan fingerprint density at radius 1 is 1.15 bits per heavy atom. The lowest BCUT2D eigenvalue weighted by molar-refractivity contribution is -0.145. The summed E-state index contributed by atoms with van der Waals surface area (Å²) in [4.78, 5) is 16.5. The Kier molecular flexibility index (Phi) is 8.41. The van der Waals surface area contributed by atoms with E-state index in [4.69, 9.17) is 4.74 Å². The lowest BCUT2D eigenvalue weighted by atomic mass is 9.85. The summed E-state index contributed by atoms with van der Waals surface area (Å²) in [5.41, 5.74) is 2.15. The molecule has 1 saturated carbocycles. The minimum atomic E-state index is -4.72. The zero-order chi connectivity index (χ0) is 33.7. The Hall–Kier alpha value is -4.24. The molecule has 1 unspecified atom stereocenters. The molecule has 0 amide bonds. The van der Waals surface area contributed by atoms with Gasteiger partial charge in [-0.2, -0.15) is 22.5 Å². The van der Waals surface area contributed by atoms with Gasteiger partial charge in [-0.25, -0.2) is 8.42 Å². The SMILES string of the molecule is CCCCNc1ccc2c(n1)OC1(CC1)CN(Cc1cc(C(CC(=O)O)c3ccn4c(C(F)(F)F)nnc4c3C)ccc1C)S2(=O)=O. The van der Waals surface area contributed by atoms with E-state index in [2.05, 4.69) is 27.4 Å². The Morgan fingerprint density at radius 2 is 1.91 bits per heavy atom. The number of carboxylic acids is 1. The standard InChI is InChI=1S/C32H35F3N6O5S/c1-4-5-13-36-26-9-8-25-29(37-26)46-31(11-12-31)18-40(47(25,44)45)17-22-15-21(7-6-19(22)2)24(16-27(42)43)23-10-14-41-28(20(23)3)38-39-30(41)32(33,34)35/h6-10,14-15,24H,4-5,11-13,16-18H2,1-3H3,(H,36,37)(H,42,43). The molecule has 11 nitrogen and oxygen atoms in total. The summed E-state index contributed by atoms with van der Waals surface area (Å²) in [6.45, 7) is 6.32. The van der Waals surface area contributed by atoms with Gasteiger partial charge in [0, 0.05) is 25.2 Å². The molecule has 0 bridgehead atoms. The fourth-order valence-electron chi connectivity index (χ4n) is 6.03. The van der Waals surface area contributed by atoms with E-state index in [1.54, 1.807) is 31.2 Å². The van der Waals surface area contributed by atoms with Gasteiger partial charge in [-0.15, -0.1) is 10.2 Å². The van der Waals surface area contributed by atoms with Crippen LogP contribution in [-0.2, 0) is 27.5 Å². The second-order valence-corrected chi connectivity index (χ2v) is 14.2. The number of hydrogen-bond acceptors (Lipinski definition) is 8. The van der Waals surface area contributed by atoms with Crippen molar-refractivity contribution in [3.63, 3.8) is 0 Å². The minimum Gasteiger partial charge on any atom is -0.481 e. The first-order chi connectivity index (χ1) is 22.2. The average Bonchev–Trinajstić information content (AvgIpc) is 3.61. The summed E-state index contributed by atoms with van der Waals surface area (Å²) in [6.07, 6.45) is -0.595. The Balaban J connectivity index is 1.36. The number of aryl methyl sites for hydroxylation is 2. The fourth-order valence-corrected chi connectivity index (χ4v) is 7.57. The number of carboxylic acid groups (broad SMARTS) is 1. The maximum atomic E-state index is 14.1. The van der Waals surface area contributed by atoms with Crippen molar-refractivity contribution in [3.05, 3.63) is 76.2 Å². The van der Waals surface area contributed by atoms with Crippen molar-refractivity contribution >= 4 is 27.5 Å². The molecular weight excluding hydrogens is 637 g/mol. The van der Waals surface area contributed by atoms with Crippen molar-refractivity contribution in [1.29, 1.82) is 0 Å². The van der Waals surface area contributed by atoms with Crippen molar-refractivity contribution in [1.82, 2.24) is 23.9 Å². The predicted octanol–water partition coefficient (Wildman–Crippen LogP) is 5.69. The van der Waals surface area contributed by atoms with Crippen LogP contribution in [0.2, 0.25) is 0 Å². The molecule has 1 fully saturated rings. The maximum absolute atomic E-state index is 14.1. The van der Waals surface area contributed by atoms with Gasteiger partial charge in [0.05, 0.1) is 13.0 Å². The van der Waals surface area contributed by atoms with Crippen LogP contribution in [0.15, 0.2) is 47.5 Å². The number of aromatic nitrogens is 4. The van der Waals surface area contributed by atoms with Gasteiger partial charge >= 0.3 is 12.1 Å². The summed E-state index contributed by atoms with van der Waals surface area (Å²) in [5, 5.41) is 20.1. The summed E-state index contributed by atoms with van der Waals surface area (Å²) < 4.78 is 77.1. The molecule has 1 spiro atoms. The number of ether oxygens (including phenoxy) is 1. The number of benzene rings is 1. The highest BCUT2D eigenvalue weighted by Gasteiger charge is 2.52. The van der Waals surface area contributed by atoms with Gasteiger partial charge in [-0.3, -0.25) is 9.20 Å². The number of nitrogens with one attached hydrogen (secondary N) is 1. The second-order valence-electron chi connectivity index (χ2n) is 12.3. The summed E-state index contributed by atoms with van der Waals surface area (Å²) in [6, 6.07) is 9.93. The Bertz CT molecular complexity index is 1960. The zero-order valence-corrected chi connectivity index (χ0v) is 27.0. The molecule has 250 valence electrons. The largest absolute Gasteiger partial charge is 0.481 e. The number of fused-ring (bicyclic) bond motifs is 2. The zero-order valence-electron chi connectivity index (χ0n) is 26.1. The van der Waals surface area contributed by atoms with Gasteiger partial charge in [0.25, 0.3) is 0 Å². The van der Waals surface area contributed by atoms with Gasteiger partial charge in [-0.1, -0.05) is 31.5 Å². The number of anilines is 1. The normalized spacial score (nSPS) is 17.6. The van der Waals surface area contributed by atoms with Crippen molar-refractivity contribution in [2.45, 2.75) is 82.0 Å². The molecule has 0 saturated heterocycles. The fraction of sp³-hybridized carbons (Fsp3) is 0.438. The molecule has 1 aromatic carbocycles. The Labute approximate surface area is 269 Å². The number of nitrogens with zero attached hydrogens (tertiary/aromatic N) is 5. The van der Waals surface area contributed by atoms with Gasteiger partial charge < -0.3 is 15.2 Å². The molecule has 2 N–H and O–H groups in total. The molecule has 0 radical (unpaired) electrons. The molecule has 4 heterocycles. The average molecular weight is 673 g/mol. The van der Waals surface area contributed by atoms with Crippen molar-refractivity contribution in [3.8, 4) is 5.88 Å². The quantitative estimate of drug-likeness (QED) is 0.203. The van der Waals surface area contributed by atoms with Crippen LogP contribution in [0, 0.1) is 13.8 Å². The molecule has 6 rings (SSSR count). The third-order valence-corrected chi connectivity index (χ3v) is 10.7. The van der Waals surface area contributed by atoms with Crippen LogP contribution < -0.4 is 10.1 Å². The van der Waals surface area contributed by atoms with E-state index in [0.29, 0.717) is 47.5 Å². The van der Waals surface area contributed by atoms with E-state index in [9.17, 15) is 31.5 Å². The van der Waals surface area contributed by atoms with Crippen LogP contribution in [0.4, 0.5) is 19.0 Å². The maximum Gasteiger partial charge on any atom is 0.452 e. The van der Waals surface area contributed by atoms with E-state index in [1.807, 2.05) is 6.92 Å². The summed E-state index contributed by atoms with van der Waals surface area (Å²) in [5.74, 6) is -2.42. The molecule has 4 aromatic rings. The van der Waals surface area contributed by atoms with Crippen molar-refractivity contribution in [2.24, 2.45) is 0 Å². The molecule has 15 heteroatoms. The molecule has 1 atom stereocenters. The molecule has 47 heavy (non-hydrogen) atoms. The smallest absolute Gasteiger partial charge is 0.452 e. The van der Waals surface area contributed by atoms with E-state index in [0.717, 1.165) is 22.8 Å². The van der Waals surface area contributed by atoms with Gasteiger partial charge in [0.2, 0.25) is 21.7 Å². The van der Waals surface area contributed by atoms with Gasteiger partial charge in [-0.05, 0) is 79.1 Å². The first-order valence-corrected chi connectivity index (χ1v) is 16.8. The van der Waals surface area contributed by atoms with E-state index >= 15 is 0 Å². The number of halogens is 3. The predicted molar refractivity (Wildman–Crippen MR) is 166 cm³/mol. The summed E-state index contributed by atoms with van der Waals surface area (Å²) in [7, 11) is -4.04. The van der Waals surface area contributed by atoms with Crippen LogP contribution in [0.5, 0.6) is 5.88 Å². The molecule has 3 aromatic heterocycles. The molecule has 1 aliphatic heterocycles. The number of sulfonamides is 1. The second kappa shape index (κ2) is 12.1. The van der Waals surface area contributed by atoms with Gasteiger partial charge in [0.1, 0.15) is 16.3 Å². The van der Waals surface area contributed by atoms with Crippen molar-refractivity contribution in [2.75, 3.05) is 18.4 Å². The summed E-state index contributed by atoms with van der Waals surface area (Å²) >= 11 is 0. The van der Waals surface area contributed by atoms with E-state index in [1.165, 1.54) is 22.6 Å². The van der Waals surface area contributed by atoms with Crippen molar-refractivity contribution < 1.29 is 36.2 Å². The number of pyridine rings is 2. The first-order valence-electron chi connectivity index (χ1n) is 15.4. The molecule has 1 aliphatic carbocycles. The Morgan fingerprint density at radius 3 is 2.60 bits per heavy atom. The number of alkyl halides is 3.